The van der Waals surface area contributed by atoms with Crippen LogP contribution < -0.4 is 5.32 Å². The molecule has 1 N–H and O–H groups in total. The van der Waals surface area contributed by atoms with Gasteiger partial charge in [-0.3, -0.25) is 4.79 Å². The molecular weight excluding hydrogens is 320 g/mol. The summed E-state index contributed by atoms with van der Waals surface area (Å²) in [4.78, 5) is 40.6. The van der Waals surface area contributed by atoms with E-state index in [9.17, 15) is 14.4 Å². The maximum atomic E-state index is 12.4. The maximum Gasteiger partial charge on any atom is 0.343 e. The second-order valence-corrected chi connectivity index (χ2v) is 5.85. The summed E-state index contributed by atoms with van der Waals surface area (Å²) < 4.78 is 10.00. The molecule has 0 saturated carbocycles. The number of hydrogen-bond donors (Lipinski definition) is 1. The van der Waals surface area contributed by atoms with Gasteiger partial charge in [0.05, 0.1) is 18.2 Å². The highest BCUT2D eigenvalue weighted by Gasteiger charge is 2.49. The van der Waals surface area contributed by atoms with E-state index < -0.39 is 23.4 Å². The van der Waals surface area contributed by atoms with E-state index in [0.717, 1.165) is 10.7 Å². The summed E-state index contributed by atoms with van der Waals surface area (Å²) in [6.45, 7) is 6.54. The van der Waals surface area contributed by atoms with Crippen molar-refractivity contribution in [2.75, 3.05) is 13.2 Å². The van der Waals surface area contributed by atoms with Crippen LogP contribution in [-0.2, 0) is 30.3 Å². The van der Waals surface area contributed by atoms with Gasteiger partial charge in [0.1, 0.15) is 0 Å². The predicted molar refractivity (Wildman–Crippen MR) is 85.0 cm³/mol. The summed E-state index contributed by atoms with van der Waals surface area (Å²) in [5, 5.41) is 5.08. The van der Waals surface area contributed by atoms with Crippen molar-refractivity contribution in [1.82, 2.24) is 10.3 Å². The number of carbonyl (C=O) groups is 3. The number of nitrogens with zero attached hydrogens (tertiary/aromatic N) is 1. The summed E-state index contributed by atoms with van der Waals surface area (Å²) in [5.74, 6) is -2.15. The number of aromatic nitrogens is 1. The largest absolute Gasteiger partial charge is 0.464 e. The zero-order chi connectivity index (χ0) is 17.5. The lowest BCUT2D eigenvalue weighted by Crippen LogP contribution is -2.61. The minimum atomic E-state index is -1.85. The number of carbonyl (C=O) groups excluding carboxylic acids is 3. The van der Waals surface area contributed by atoms with Crippen molar-refractivity contribution in [3.63, 3.8) is 0 Å². The predicted octanol–water partition coefficient (Wildman–Crippen LogP) is 1.39. The van der Waals surface area contributed by atoms with Crippen LogP contribution in [0.3, 0.4) is 0 Å². The second kappa shape index (κ2) is 8.61. The van der Waals surface area contributed by atoms with E-state index in [1.54, 1.807) is 13.8 Å². The number of rotatable bonds is 8. The zero-order valence-electron chi connectivity index (χ0n) is 13.8. The van der Waals surface area contributed by atoms with E-state index in [2.05, 4.69) is 10.3 Å². The Hall–Kier alpha value is -1.96. The Morgan fingerprint density at radius 1 is 1.22 bits per heavy atom. The lowest BCUT2D eigenvalue weighted by Gasteiger charge is -2.29. The van der Waals surface area contributed by atoms with Gasteiger partial charge >= 0.3 is 11.9 Å². The number of hydrogen-bond acceptors (Lipinski definition) is 7. The van der Waals surface area contributed by atoms with Crippen LogP contribution in [0.15, 0.2) is 5.38 Å². The molecule has 1 heterocycles. The SMILES string of the molecule is CCOC(=O)C(CCc1nc(C)cs1)(NC(C)=O)C(=O)OCC. The third-order valence-corrected chi connectivity index (χ3v) is 4.04. The Labute approximate surface area is 139 Å². The normalized spacial score (nSPS) is 11.0. The first-order chi connectivity index (χ1) is 10.9. The second-order valence-electron chi connectivity index (χ2n) is 4.91. The standard InChI is InChI=1S/C15H22N2O5S/c1-5-21-13(19)15(17-11(4)18,14(20)22-6-2)8-7-12-16-10(3)9-23-12/h9H,5-8H2,1-4H3,(H,17,18). The van der Waals surface area contributed by atoms with Crippen LogP contribution in [0.2, 0.25) is 0 Å². The molecule has 0 radical (unpaired) electrons. The molecule has 0 spiro atoms. The molecule has 0 aliphatic rings. The number of nitrogens with one attached hydrogen (secondary N) is 1. The molecule has 1 amide bonds. The topological polar surface area (TPSA) is 94.6 Å². The highest BCUT2D eigenvalue weighted by molar-refractivity contribution is 7.09. The van der Waals surface area contributed by atoms with Gasteiger partial charge in [-0.2, -0.15) is 0 Å². The third-order valence-electron chi connectivity index (χ3n) is 3.02. The molecule has 0 unspecified atom stereocenters. The Balaban J connectivity index is 3.09. The molecule has 0 bridgehead atoms. The number of ether oxygens (including phenoxy) is 2. The highest BCUT2D eigenvalue weighted by atomic mass is 32.1. The molecule has 1 rings (SSSR count). The molecule has 0 aromatic carbocycles. The van der Waals surface area contributed by atoms with Crippen molar-refractivity contribution in [1.29, 1.82) is 0 Å². The van der Waals surface area contributed by atoms with Gasteiger partial charge in [-0.25, -0.2) is 14.6 Å². The fraction of sp³-hybridized carbons (Fsp3) is 0.600. The van der Waals surface area contributed by atoms with Crippen LogP contribution in [0.4, 0.5) is 0 Å². The first kappa shape index (κ1) is 19.1. The van der Waals surface area contributed by atoms with Crippen LogP contribution in [0, 0.1) is 6.92 Å². The molecule has 0 aliphatic heterocycles. The number of esters is 2. The Kier molecular flexibility index (Phi) is 7.15. The maximum absolute atomic E-state index is 12.4. The van der Waals surface area contributed by atoms with Gasteiger partial charge in [0.25, 0.3) is 0 Å². The van der Waals surface area contributed by atoms with E-state index in [0.29, 0.717) is 6.42 Å². The van der Waals surface area contributed by atoms with Crippen molar-refractivity contribution in [3.8, 4) is 0 Å². The molecule has 0 atom stereocenters. The van der Waals surface area contributed by atoms with Gasteiger partial charge < -0.3 is 14.8 Å². The number of thiazole rings is 1. The molecule has 0 fully saturated rings. The molecule has 23 heavy (non-hydrogen) atoms. The van der Waals surface area contributed by atoms with Gasteiger partial charge in [0.2, 0.25) is 11.4 Å². The lowest BCUT2D eigenvalue weighted by molar-refractivity contribution is -0.168. The van der Waals surface area contributed by atoms with E-state index in [4.69, 9.17) is 9.47 Å². The minimum Gasteiger partial charge on any atom is -0.464 e. The van der Waals surface area contributed by atoms with Crippen LogP contribution in [-0.4, -0.2) is 41.6 Å². The Morgan fingerprint density at radius 2 is 1.78 bits per heavy atom. The van der Waals surface area contributed by atoms with E-state index in [1.165, 1.54) is 18.3 Å². The minimum absolute atomic E-state index is 0.0250. The van der Waals surface area contributed by atoms with Crippen LogP contribution in [0.25, 0.3) is 0 Å². The lowest BCUT2D eigenvalue weighted by atomic mass is 9.93. The molecule has 0 aliphatic carbocycles. The van der Waals surface area contributed by atoms with Gasteiger partial charge in [-0.15, -0.1) is 11.3 Å². The zero-order valence-corrected chi connectivity index (χ0v) is 14.6. The van der Waals surface area contributed by atoms with Crippen molar-refractivity contribution in [3.05, 3.63) is 16.1 Å². The molecular formula is C15H22N2O5S. The molecule has 7 nitrogen and oxygen atoms in total. The van der Waals surface area contributed by atoms with E-state index in [-0.39, 0.29) is 19.6 Å². The summed E-state index contributed by atoms with van der Waals surface area (Å²) in [7, 11) is 0. The van der Waals surface area contributed by atoms with Gasteiger partial charge in [0.15, 0.2) is 0 Å². The Bertz CT molecular complexity index is 552. The van der Waals surface area contributed by atoms with Gasteiger partial charge in [-0.05, 0) is 27.2 Å². The van der Waals surface area contributed by atoms with Gasteiger partial charge in [0, 0.05) is 24.4 Å². The van der Waals surface area contributed by atoms with Crippen LogP contribution in [0.1, 0.15) is 37.9 Å². The molecule has 1 aromatic rings. The van der Waals surface area contributed by atoms with E-state index >= 15 is 0 Å². The molecule has 128 valence electrons. The smallest absolute Gasteiger partial charge is 0.343 e. The van der Waals surface area contributed by atoms with Crippen molar-refractivity contribution in [2.24, 2.45) is 0 Å². The van der Waals surface area contributed by atoms with Crippen molar-refractivity contribution < 1.29 is 23.9 Å². The first-order valence-corrected chi connectivity index (χ1v) is 8.27. The molecule has 8 heteroatoms. The van der Waals surface area contributed by atoms with Gasteiger partial charge in [-0.1, -0.05) is 0 Å². The van der Waals surface area contributed by atoms with Crippen molar-refractivity contribution in [2.45, 2.75) is 46.1 Å². The van der Waals surface area contributed by atoms with Crippen LogP contribution in [0.5, 0.6) is 0 Å². The molecule has 0 saturated heterocycles. The van der Waals surface area contributed by atoms with Crippen molar-refractivity contribution >= 4 is 29.2 Å². The summed E-state index contributed by atoms with van der Waals surface area (Å²) in [5.41, 5.74) is -0.986. The third kappa shape index (κ3) is 5.02. The summed E-state index contributed by atoms with van der Waals surface area (Å²) in [6, 6.07) is 0. The van der Waals surface area contributed by atoms with Crippen LogP contribution >= 0.6 is 11.3 Å². The summed E-state index contributed by atoms with van der Waals surface area (Å²) >= 11 is 1.43. The Morgan fingerprint density at radius 3 is 2.17 bits per heavy atom. The number of amides is 1. The summed E-state index contributed by atoms with van der Waals surface area (Å²) in [6.07, 6.45) is 0.369. The molecule has 1 aromatic heterocycles. The van der Waals surface area contributed by atoms with E-state index in [1.807, 2.05) is 12.3 Å². The first-order valence-electron chi connectivity index (χ1n) is 7.40. The quantitative estimate of drug-likeness (QED) is 0.567. The monoisotopic (exact) mass is 342 g/mol. The highest BCUT2D eigenvalue weighted by Crippen LogP contribution is 2.21. The fourth-order valence-electron chi connectivity index (χ4n) is 2.07. The fourth-order valence-corrected chi connectivity index (χ4v) is 2.85. The average Bonchev–Trinajstić information content (AvgIpc) is 2.89. The average molecular weight is 342 g/mol. The number of aryl methyl sites for hydroxylation is 2.